The number of ether oxygens (including phenoxy) is 1. The number of hydrogen-bond acceptors (Lipinski definition) is 4. The van der Waals surface area contributed by atoms with Crippen LogP contribution in [0.3, 0.4) is 0 Å². The lowest BCUT2D eigenvalue weighted by atomic mass is 10.2. The van der Waals surface area contributed by atoms with Crippen molar-refractivity contribution in [2.75, 3.05) is 11.9 Å². The lowest BCUT2D eigenvalue weighted by molar-refractivity contribution is -0.147. The van der Waals surface area contributed by atoms with E-state index in [0.717, 1.165) is 5.56 Å². The van der Waals surface area contributed by atoms with E-state index in [2.05, 4.69) is 37.2 Å². The lowest BCUT2D eigenvalue weighted by Gasteiger charge is -2.27. The smallest absolute Gasteiger partial charge is 0.320 e. The maximum atomic E-state index is 14.6. The molecular formula is C25H22Br2NO4P. The van der Waals surface area contributed by atoms with Gasteiger partial charge in [0.2, 0.25) is 0 Å². The van der Waals surface area contributed by atoms with Crippen LogP contribution in [0.1, 0.15) is 18.4 Å². The zero-order valence-corrected chi connectivity index (χ0v) is 22.0. The van der Waals surface area contributed by atoms with Gasteiger partial charge in [-0.1, -0.05) is 60.7 Å². The lowest BCUT2D eigenvalue weighted by Crippen LogP contribution is -2.36. The summed E-state index contributed by atoms with van der Waals surface area (Å²) in [7, 11) is -3.34. The van der Waals surface area contributed by atoms with Gasteiger partial charge in [-0.25, -0.2) is 0 Å². The second kappa shape index (κ2) is 9.57. The molecule has 0 atom stereocenters. The zero-order valence-electron chi connectivity index (χ0n) is 17.9. The zero-order chi connectivity index (χ0) is 23.6. The van der Waals surface area contributed by atoms with Crippen LogP contribution in [0, 0.1) is 6.92 Å². The summed E-state index contributed by atoms with van der Waals surface area (Å²) < 4.78 is 21.5. The SMILES string of the molecule is Cc1cc(Br)c(NC(=O)COC(=O)C2(P(=O)(c3ccccc3)c3ccccc3)CC2)c(Br)c1. The molecule has 1 N–H and O–H groups in total. The number of nitrogens with one attached hydrogen (secondary N) is 1. The first kappa shape index (κ1) is 23.9. The normalized spacial score (nSPS) is 14.4. The number of hydrogen-bond donors (Lipinski definition) is 1. The molecule has 0 radical (unpaired) electrons. The standard InChI is InChI=1S/C25H22Br2NO4P/c1-17-14-20(26)23(21(27)15-17)28-22(29)16-32-24(30)25(12-13-25)33(31,18-8-4-2-5-9-18)19-10-6-3-7-11-19/h2-11,14-15H,12-13,16H2,1H3,(H,28,29). The molecule has 3 aromatic carbocycles. The van der Waals surface area contributed by atoms with E-state index >= 15 is 0 Å². The summed E-state index contributed by atoms with van der Waals surface area (Å²) in [6, 6.07) is 21.9. The van der Waals surface area contributed by atoms with Crippen molar-refractivity contribution in [3.63, 3.8) is 0 Å². The first-order valence-corrected chi connectivity index (χ1v) is 13.7. The molecule has 0 unspecified atom stereocenters. The Morgan fingerprint density at radius 1 is 0.939 bits per heavy atom. The molecule has 170 valence electrons. The van der Waals surface area contributed by atoms with Crippen LogP contribution >= 0.6 is 39.0 Å². The number of aryl methyl sites for hydroxylation is 1. The number of rotatable bonds is 7. The van der Waals surface area contributed by atoms with Crippen molar-refractivity contribution in [2.24, 2.45) is 0 Å². The Morgan fingerprint density at radius 3 is 1.88 bits per heavy atom. The Bertz CT molecular complexity index is 1180. The second-order valence-electron chi connectivity index (χ2n) is 8.04. The number of amides is 1. The van der Waals surface area contributed by atoms with E-state index in [1.807, 2.05) is 55.5 Å². The van der Waals surface area contributed by atoms with Crippen molar-refractivity contribution < 1.29 is 18.9 Å². The highest BCUT2D eigenvalue weighted by molar-refractivity contribution is 9.11. The summed E-state index contributed by atoms with van der Waals surface area (Å²) in [6.45, 7) is 1.48. The van der Waals surface area contributed by atoms with E-state index in [1.54, 1.807) is 24.3 Å². The molecule has 0 bridgehead atoms. The fourth-order valence-corrected chi connectivity index (χ4v) is 9.09. The third kappa shape index (κ3) is 4.59. The predicted octanol–water partition coefficient (Wildman–Crippen LogP) is 5.55. The van der Waals surface area contributed by atoms with Crippen LogP contribution in [0.2, 0.25) is 0 Å². The van der Waals surface area contributed by atoms with Gasteiger partial charge in [-0.05, 0) is 69.3 Å². The molecule has 0 spiro atoms. The van der Waals surface area contributed by atoms with E-state index in [4.69, 9.17) is 4.74 Å². The first-order chi connectivity index (χ1) is 15.8. The highest BCUT2D eigenvalue weighted by Gasteiger charge is 2.65. The third-order valence-electron chi connectivity index (χ3n) is 5.73. The van der Waals surface area contributed by atoms with Crippen molar-refractivity contribution >= 4 is 67.2 Å². The minimum atomic E-state index is -3.34. The van der Waals surface area contributed by atoms with E-state index in [9.17, 15) is 14.2 Å². The Labute approximate surface area is 209 Å². The van der Waals surface area contributed by atoms with Crippen LogP contribution < -0.4 is 15.9 Å². The average molecular weight is 591 g/mol. The predicted molar refractivity (Wildman–Crippen MR) is 138 cm³/mol. The van der Waals surface area contributed by atoms with Gasteiger partial charge >= 0.3 is 5.97 Å². The van der Waals surface area contributed by atoms with Crippen LogP contribution in [0.25, 0.3) is 0 Å². The van der Waals surface area contributed by atoms with Gasteiger partial charge in [-0.15, -0.1) is 0 Å². The molecule has 5 nitrogen and oxygen atoms in total. The number of benzene rings is 3. The van der Waals surface area contributed by atoms with Crippen LogP contribution in [0.15, 0.2) is 81.7 Å². The maximum absolute atomic E-state index is 14.6. The summed E-state index contributed by atoms with van der Waals surface area (Å²) in [5.74, 6) is -1.07. The first-order valence-electron chi connectivity index (χ1n) is 10.4. The summed E-state index contributed by atoms with van der Waals surface area (Å²) in [5, 5.41) is 2.83. The Kier molecular flexibility index (Phi) is 6.94. The van der Waals surface area contributed by atoms with Crippen molar-refractivity contribution in [3.05, 3.63) is 87.3 Å². The van der Waals surface area contributed by atoms with Crippen LogP contribution in [0.5, 0.6) is 0 Å². The molecule has 0 aromatic heterocycles. The van der Waals surface area contributed by atoms with Crippen molar-refractivity contribution in [1.82, 2.24) is 0 Å². The summed E-state index contributed by atoms with van der Waals surface area (Å²) >= 11 is 6.87. The monoisotopic (exact) mass is 589 g/mol. The minimum Gasteiger partial charge on any atom is -0.455 e. The van der Waals surface area contributed by atoms with E-state index in [1.165, 1.54) is 0 Å². The average Bonchev–Trinajstić information content (AvgIpc) is 3.63. The van der Waals surface area contributed by atoms with Crippen LogP contribution in [0.4, 0.5) is 5.69 Å². The van der Waals surface area contributed by atoms with Crippen molar-refractivity contribution in [2.45, 2.75) is 24.9 Å². The van der Waals surface area contributed by atoms with E-state index in [0.29, 0.717) is 38.1 Å². The Morgan fingerprint density at radius 2 is 1.42 bits per heavy atom. The minimum absolute atomic E-state index is 0.448. The highest BCUT2D eigenvalue weighted by Crippen LogP contribution is 2.68. The molecule has 33 heavy (non-hydrogen) atoms. The van der Waals surface area contributed by atoms with E-state index < -0.39 is 30.8 Å². The molecule has 1 fully saturated rings. The molecule has 1 amide bonds. The molecule has 1 aliphatic carbocycles. The molecule has 3 aromatic rings. The fraction of sp³-hybridized carbons (Fsp3) is 0.200. The molecule has 1 saturated carbocycles. The Balaban J connectivity index is 1.55. The highest BCUT2D eigenvalue weighted by atomic mass is 79.9. The largest absolute Gasteiger partial charge is 0.455 e. The Hall–Kier alpha value is -2.21. The molecule has 0 heterocycles. The van der Waals surface area contributed by atoms with Crippen molar-refractivity contribution in [3.8, 4) is 0 Å². The van der Waals surface area contributed by atoms with Crippen LogP contribution in [-0.2, 0) is 18.9 Å². The van der Waals surface area contributed by atoms with Gasteiger partial charge in [0.1, 0.15) is 5.16 Å². The molecule has 4 rings (SSSR count). The van der Waals surface area contributed by atoms with Gasteiger partial charge < -0.3 is 14.6 Å². The number of anilines is 1. The molecule has 0 saturated heterocycles. The number of carbonyl (C=O) groups excluding carboxylic acids is 2. The van der Waals surface area contributed by atoms with Gasteiger partial charge in [-0.2, -0.15) is 0 Å². The second-order valence-corrected chi connectivity index (χ2v) is 12.9. The van der Waals surface area contributed by atoms with Crippen molar-refractivity contribution in [1.29, 1.82) is 0 Å². The summed E-state index contributed by atoms with van der Waals surface area (Å²) in [5.41, 5.74) is 1.58. The summed E-state index contributed by atoms with van der Waals surface area (Å²) in [6.07, 6.45) is 0.896. The quantitative estimate of drug-likeness (QED) is 0.289. The molecule has 0 aliphatic heterocycles. The molecule has 1 aliphatic rings. The topological polar surface area (TPSA) is 72.5 Å². The maximum Gasteiger partial charge on any atom is 0.320 e. The van der Waals surface area contributed by atoms with Crippen LogP contribution in [-0.4, -0.2) is 23.6 Å². The van der Waals surface area contributed by atoms with Gasteiger partial charge in [0.05, 0.1) is 5.69 Å². The number of carbonyl (C=O) groups is 2. The fourth-order valence-electron chi connectivity index (χ4n) is 3.95. The van der Waals surface area contributed by atoms with E-state index in [-0.39, 0.29) is 0 Å². The third-order valence-corrected chi connectivity index (χ3v) is 10.9. The van der Waals surface area contributed by atoms with Gasteiger partial charge in [0, 0.05) is 19.6 Å². The number of esters is 1. The van der Waals surface area contributed by atoms with Gasteiger partial charge in [-0.3, -0.25) is 9.59 Å². The number of halogens is 2. The van der Waals surface area contributed by atoms with Gasteiger partial charge in [0.15, 0.2) is 13.7 Å². The van der Waals surface area contributed by atoms with Gasteiger partial charge in [0.25, 0.3) is 5.91 Å². The molecule has 8 heteroatoms. The molecular weight excluding hydrogens is 569 g/mol. The summed E-state index contributed by atoms with van der Waals surface area (Å²) in [4.78, 5) is 25.8.